The SMILES string of the molecule is CCNc1ccc([N+](=O)[O-])c(Nc2cccc(C)c2Br)n1. The van der Waals surface area contributed by atoms with E-state index in [-0.39, 0.29) is 11.5 Å². The van der Waals surface area contributed by atoms with E-state index in [2.05, 4.69) is 31.5 Å². The molecular weight excluding hydrogens is 336 g/mol. The molecule has 0 bridgehead atoms. The van der Waals surface area contributed by atoms with Crippen LogP contribution in [0.25, 0.3) is 0 Å². The molecule has 0 amide bonds. The molecule has 0 fully saturated rings. The standard InChI is InChI=1S/C14H15BrN4O2/c1-3-16-12-8-7-11(19(20)21)14(18-12)17-10-6-4-5-9(2)13(10)15/h4-8H,3H2,1-2H3,(H2,16,17,18). The molecule has 0 saturated carbocycles. The molecule has 1 aromatic heterocycles. The summed E-state index contributed by atoms with van der Waals surface area (Å²) in [6, 6.07) is 8.70. The second-order valence-electron chi connectivity index (χ2n) is 4.41. The van der Waals surface area contributed by atoms with Gasteiger partial charge < -0.3 is 10.6 Å². The van der Waals surface area contributed by atoms with Gasteiger partial charge in [0.2, 0.25) is 5.82 Å². The third-order valence-corrected chi connectivity index (χ3v) is 3.93. The van der Waals surface area contributed by atoms with E-state index in [4.69, 9.17) is 0 Å². The summed E-state index contributed by atoms with van der Waals surface area (Å²) in [5.41, 5.74) is 1.70. The predicted molar refractivity (Wildman–Crippen MR) is 87.2 cm³/mol. The lowest BCUT2D eigenvalue weighted by atomic mass is 10.2. The van der Waals surface area contributed by atoms with E-state index in [1.165, 1.54) is 6.07 Å². The highest BCUT2D eigenvalue weighted by Crippen LogP contribution is 2.32. The number of nitrogens with zero attached hydrogens (tertiary/aromatic N) is 2. The molecule has 6 nitrogen and oxygen atoms in total. The molecule has 0 atom stereocenters. The topological polar surface area (TPSA) is 80.1 Å². The number of halogens is 1. The average molecular weight is 351 g/mol. The van der Waals surface area contributed by atoms with Crippen molar-refractivity contribution in [3.8, 4) is 0 Å². The molecule has 0 aliphatic heterocycles. The summed E-state index contributed by atoms with van der Waals surface area (Å²) in [5.74, 6) is 0.805. The van der Waals surface area contributed by atoms with Gasteiger partial charge in [-0.2, -0.15) is 0 Å². The summed E-state index contributed by atoms with van der Waals surface area (Å²) in [7, 11) is 0. The Kier molecular flexibility index (Phi) is 4.74. The van der Waals surface area contributed by atoms with Gasteiger partial charge in [0.05, 0.1) is 10.6 Å². The number of anilines is 3. The molecule has 0 aliphatic carbocycles. The summed E-state index contributed by atoms with van der Waals surface area (Å²) in [5, 5.41) is 17.2. The van der Waals surface area contributed by atoms with Crippen molar-refractivity contribution in [2.75, 3.05) is 17.2 Å². The van der Waals surface area contributed by atoms with Crippen molar-refractivity contribution >= 4 is 38.9 Å². The smallest absolute Gasteiger partial charge is 0.311 e. The van der Waals surface area contributed by atoms with Gasteiger partial charge in [-0.05, 0) is 47.5 Å². The molecule has 0 radical (unpaired) electrons. The molecule has 0 saturated heterocycles. The number of hydrogen-bond acceptors (Lipinski definition) is 5. The zero-order valence-electron chi connectivity index (χ0n) is 11.7. The molecule has 2 N–H and O–H groups in total. The first-order chi connectivity index (χ1) is 10.0. The Hall–Kier alpha value is -2.15. The van der Waals surface area contributed by atoms with Crippen molar-refractivity contribution in [2.45, 2.75) is 13.8 Å². The zero-order valence-corrected chi connectivity index (χ0v) is 13.3. The minimum atomic E-state index is -0.450. The number of pyridine rings is 1. The molecule has 1 heterocycles. The molecule has 1 aromatic carbocycles. The number of aromatic nitrogens is 1. The molecule has 0 unspecified atom stereocenters. The minimum Gasteiger partial charge on any atom is -0.370 e. The van der Waals surface area contributed by atoms with Crippen LogP contribution < -0.4 is 10.6 Å². The maximum Gasteiger partial charge on any atom is 0.311 e. The van der Waals surface area contributed by atoms with E-state index < -0.39 is 4.92 Å². The van der Waals surface area contributed by atoms with Crippen LogP contribution in [0, 0.1) is 17.0 Å². The van der Waals surface area contributed by atoms with Crippen LogP contribution in [0.3, 0.4) is 0 Å². The minimum absolute atomic E-state index is 0.0648. The van der Waals surface area contributed by atoms with Crippen molar-refractivity contribution in [1.29, 1.82) is 0 Å². The Balaban J connectivity index is 2.43. The van der Waals surface area contributed by atoms with E-state index in [1.807, 2.05) is 32.0 Å². The number of nitro groups is 1. The highest BCUT2D eigenvalue weighted by molar-refractivity contribution is 9.10. The van der Waals surface area contributed by atoms with Crippen LogP contribution >= 0.6 is 15.9 Å². The lowest BCUT2D eigenvalue weighted by Crippen LogP contribution is -2.05. The largest absolute Gasteiger partial charge is 0.370 e. The molecular formula is C14H15BrN4O2. The number of nitrogens with one attached hydrogen (secondary N) is 2. The third-order valence-electron chi connectivity index (χ3n) is 2.87. The van der Waals surface area contributed by atoms with E-state index in [1.54, 1.807) is 6.07 Å². The van der Waals surface area contributed by atoms with Crippen LogP contribution in [0.5, 0.6) is 0 Å². The van der Waals surface area contributed by atoms with Crippen molar-refractivity contribution < 1.29 is 4.92 Å². The molecule has 2 rings (SSSR count). The third kappa shape index (κ3) is 3.49. The Labute approximate surface area is 130 Å². The lowest BCUT2D eigenvalue weighted by molar-refractivity contribution is -0.384. The van der Waals surface area contributed by atoms with E-state index in [9.17, 15) is 10.1 Å². The molecule has 2 aromatic rings. The van der Waals surface area contributed by atoms with Crippen LogP contribution in [0.2, 0.25) is 0 Å². The monoisotopic (exact) mass is 350 g/mol. The average Bonchev–Trinajstić information content (AvgIpc) is 2.44. The van der Waals surface area contributed by atoms with Gasteiger partial charge in [-0.1, -0.05) is 12.1 Å². The highest BCUT2D eigenvalue weighted by atomic mass is 79.9. The summed E-state index contributed by atoms with van der Waals surface area (Å²) in [4.78, 5) is 14.9. The van der Waals surface area contributed by atoms with Gasteiger partial charge in [-0.25, -0.2) is 4.98 Å². The van der Waals surface area contributed by atoms with Crippen LogP contribution in [0.4, 0.5) is 23.0 Å². The van der Waals surface area contributed by atoms with E-state index >= 15 is 0 Å². The van der Waals surface area contributed by atoms with Gasteiger partial charge in [0.25, 0.3) is 0 Å². The predicted octanol–water partition coefficient (Wildman–Crippen LogP) is 4.24. The van der Waals surface area contributed by atoms with E-state index in [0.29, 0.717) is 12.4 Å². The Bertz CT molecular complexity index is 676. The van der Waals surface area contributed by atoms with Crippen LogP contribution in [-0.4, -0.2) is 16.5 Å². The van der Waals surface area contributed by atoms with E-state index in [0.717, 1.165) is 15.7 Å². The van der Waals surface area contributed by atoms with Gasteiger partial charge >= 0.3 is 5.69 Å². The fourth-order valence-electron chi connectivity index (χ4n) is 1.84. The molecule has 0 aliphatic rings. The molecule has 0 spiro atoms. The summed E-state index contributed by atoms with van der Waals surface area (Å²) in [6.45, 7) is 4.58. The first-order valence-corrected chi connectivity index (χ1v) is 7.23. The van der Waals surface area contributed by atoms with Crippen molar-refractivity contribution in [1.82, 2.24) is 4.98 Å². The van der Waals surface area contributed by atoms with Crippen LogP contribution in [0.15, 0.2) is 34.8 Å². The fourth-order valence-corrected chi connectivity index (χ4v) is 2.21. The Morgan fingerprint density at radius 2 is 2.10 bits per heavy atom. The van der Waals surface area contributed by atoms with Crippen LogP contribution in [0.1, 0.15) is 12.5 Å². The normalized spacial score (nSPS) is 10.2. The summed E-state index contributed by atoms with van der Waals surface area (Å²) < 4.78 is 0.856. The second kappa shape index (κ2) is 6.53. The maximum atomic E-state index is 11.1. The highest BCUT2D eigenvalue weighted by Gasteiger charge is 2.17. The zero-order chi connectivity index (χ0) is 15.4. The molecule has 21 heavy (non-hydrogen) atoms. The van der Waals surface area contributed by atoms with Gasteiger partial charge in [0, 0.05) is 17.1 Å². The van der Waals surface area contributed by atoms with Crippen LogP contribution in [-0.2, 0) is 0 Å². The number of rotatable bonds is 5. The Morgan fingerprint density at radius 1 is 1.33 bits per heavy atom. The first kappa shape index (κ1) is 15.2. The number of aryl methyl sites for hydroxylation is 1. The fraction of sp³-hybridized carbons (Fsp3) is 0.214. The van der Waals surface area contributed by atoms with Crippen molar-refractivity contribution in [3.05, 3.63) is 50.5 Å². The van der Waals surface area contributed by atoms with Crippen molar-refractivity contribution in [2.24, 2.45) is 0 Å². The Morgan fingerprint density at radius 3 is 2.76 bits per heavy atom. The lowest BCUT2D eigenvalue weighted by Gasteiger charge is -2.11. The van der Waals surface area contributed by atoms with Gasteiger partial charge in [0.15, 0.2) is 0 Å². The quantitative estimate of drug-likeness (QED) is 0.622. The van der Waals surface area contributed by atoms with Gasteiger partial charge in [-0.3, -0.25) is 10.1 Å². The van der Waals surface area contributed by atoms with Gasteiger partial charge in [0.1, 0.15) is 5.82 Å². The first-order valence-electron chi connectivity index (χ1n) is 6.44. The summed E-state index contributed by atoms with van der Waals surface area (Å²) >= 11 is 3.47. The molecule has 7 heteroatoms. The maximum absolute atomic E-state index is 11.1. The van der Waals surface area contributed by atoms with Crippen molar-refractivity contribution in [3.63, 3.8) is 0 Å². The summed E-state index contributed by atoms with van der Waals surface area (Å²) in [6.07, 6.45) is 0. The number of benzene rings is 1. The van der Waals surface area contributed by atoms with Gasteiger partial charge in [-0.15, -0.1) is 0 Å². The second-order valence-corrected chi connectivity index (χ2v) is 5.21. The number of hydrogen-bond donors (Lipinski definition) is 2. The molecule has 110 valence electrons.